The SMILES string of the molecule is CC1CN(C(=O)N(CC(=O)O)c2cccc(Cl)c2)CCS1. The van der Waals surface area contributed by atoms with Crippen molar-refractivity contribution in [2.75, 3.05) is 30.3 Å². The highest BCUT2D eigenvalue weighted by Gasteiger charge is 2.27. The molecule has 7 heteroatoms. The number of amides is 2. The lowest BCUT2D eigenvalue weighted by atomic mass is 10.3. The maximum Gasteiger partial charge on any atom is 0.325 e. The number of carbonyl (C=O) groups is 2. The van der Waals surface area contributed by atoms with Gasteiger partial charge in [0.15, 0.2) is 0 Å². The summed E-state index contributed by atoms with van der Waals surface area (Å²) in [4.78, 5) is 26.7. The second-order valence-electron chi connectivity index (χ2n) is 4.87. The Morgan fingerprint density at radius 1 is 1.52 bits per heavy atom. The van der Waals surface area contributed by atoms with Gasteiger partial charge < -0.3 is 10.0 Å². The Kier molecular flexibility index (Phi) is 5.36. The second-order valence-corrected chi connectivity index (χ2v) is 6.85. The molecule has 1 atom stereocenters. The first-order valence-electron chi connectivity index (χ1n) is 6.63. The molecule has 0 bridgehead atoms. The van der Waals surface area contributed by atoms with E-state index in [0.717, 1.165) is 5.75 Å². The van der Waals surface area contributed by atoms with Gasteiger partial charge in [-0.2, -0.15) is 11.8 Å². The van der Waals surface area contributed by atoms with Gasteiger partial charge in [-0.05, 0) is 18.2 Å². The molecule has 114 valence electrons. The average Bonchev–Trinajstić information content (AvgIpc) is 2.44. The van der Waals surface area contributed by atoms with E-state index in [9.17, 15) is 9.59 Å². The normalized spacial score (nSPS) is 18.4. The lowest BCUT2D eigenvalue weighted by Gasteiger charge is -2.34. The predicted molar refractivity (Wildman–Crippen MR) is 85.3 cm³/mol. The van der Waals surface area contributed by atoms with E-state index in [2.05, 4.69) is 6.92 Å². The number of urea groups is 1. The van der Waals surface area contributed by atoms with Crippen LogP contribution in [0.2, 0.25) is 5.02 Å². The molecule has 0 aliphatic carbocycles. The fourth-order valence-electron chi connectivity index (χ4n) is 2.21. The monoisotopic (exact) mass is 328 g/mol. The van der Waals surface area contributed by atoms with E-state index in [4.69, 9.17) is 16.7 Å². The van der Waals surface area contributed by atoms with Crippen molar-refractivity contribution in [3.63, 3.8) is 0 Å². The number of halogens is 1. The molecule has 1 fully saturated rings. The van der Waals surface area contributed by atoms with Gasteiger partial charge in [0.05, 0.1) is 0 Å². The zero-order valence-corrected chi connectivity index (χ0v) is 13.2. The summed E-state index contributed by atoms with van der Waals surface area (Å²) in [6.07, 6.45) is 0. The number of aliphatic carboxylic acids is 1. The van der Waals surface area contributed by atoms with Crippen LogP contribution in [0.25, 0.3) is 0 Å². The molecule has 2 rings (SSSR count). The Bertz CT molecular complexity index is 541. The molecule has 1 heterocycles. The van der Waals surface area contributed by atoms with E-state index in [1.165, 1.54) is 4.90 Å². The molecule has 1 aromatic rings. The largest absolute Gasteiger partial charge is 0.480 e. The number of rotatable bonds is 3. The molecular weight excluding hydrogens is 312 g/mol. The number of carboxylic acids is 1. The van der Waals surface area contributed by atoms with E-state index in [-0.39, 0.29) is 12.6 Å². The summed E-state index contributed by atoms with van der Waals surface area (Å²) in [5, 5.41) is 9.89. The zero-order chi connectivity index (χ0) is 15.4. The van der Waals surface area contributed by atoms with E-state index < -0.39 is 5.97 Å². The van der Waals surface area contributed by atoms with Crippen LogP contribution >= 0.6 is 23.4 Å². The molecule has 1 saturated heterocycles. The van der Waals surface area contributed by atoms with Crippen molar-refractivity contribution < 1.29 is 14.7 Å². The number of carbonyl (C=O) groups excluding carboxylic acids is 1. The highest BCUT2D eigenvalue weighted by atomic mass is 35.5. The van der Waals surface area contributed by atoms with Crippen LogP contribution in [0.4, 0.5) is 10.5 Å². The molecule has 5 nitrogen and oxygen atoms in total. The minimum atomic E-state index is -1.05. The Labute approximate surface area is 132 Å². The molecule has 1 aliphatic rings. The number of hydrogen-bond donors (Lipinski definition) is 1. The fourth-order valence-corrected chi connectivity index (χ4v) is 3.41. The predicted octanol–water partition coefficient (Wildman–Crippen LogP) is 2.79. The Morgan fingerprint density at radius 2 is 2.29 bits per heavy atom. The van der Waals surface area contributed by atoms with Gasteiger partial charge in [0.2, 0.25) is 0 Å². The average molecular weight is 329 g/mol. The Hall–Kier alpha value is -1.40. The molecule has 0 aromatic heterocycles. The van der Waals surface area contributed by atoms with Crippen LogP contribution in [0.3, 0.4) is 0 Å². The molecule has 0 spiro atoms. The summed E-state index contributed by atoms with van der Waals surface area (Å²) in [5.74, 6) is -0.189. The number of nitrogens with zero attached hydrogens (tertiary/aromatic N) is 2. The summed E-state index contributed by atoms with van der Waals surface area (Å²) in [6.45, 7) is 2.94. The number of benzene rings is 1. The number of carboxylic acid groups (broad SMARTS) is 1. The molecule has 1 unspecified atom stereocenters. The second kappa shape index (κ2) is 7.04. The minimum Gasteiger partial charge on any atom is -0.480 e. The number of hydrogen-bond acceptors (Lipinski definition) is 3. The molecule has 21 heavy (non-hydrogen) atoms. The van der Waals surface area contributed by atoms with Crippen LogP contribution in [-0.2, 0) is 4.79 Å². The summed E-state index contributed by atoms with van der Waals surface area (Å²) < 4.78 is 0. The third-order valence-corrected chi connectivity index (χ3v) is 4.53. The number of anilines is 1. The van der Waals surface area contributed by atoms with Gasteiger partial charge in [-0.15, -0.1) is 0 Å². The molecule has 0 radical (unpaired) electrons. The van der Waals surface area contributed by atoms with Crippen molar-refractivity contribution >= 4 is 41.1 Å². The summed E-state index contributed by atoms with van der Waals surface area (Å²) in [5.41, 5.74) is 0.501. The van der Waals surface area contributed by atoms with Gasteiger partial charge in [0, 0.05) is 34.8 Å². The van der Waals surface area contributed by atoms with Crippen molar-refractivity contribution in [3.8, 4) is 0 Å². The third kappa shape index (κ3) is 4.28. The summed E-state index contributed by atoms with van der Waals surface area (Å²) in [6, 6.07) is 6.40. The van der Waals surface area contributed by atoms with Gasteiger partial charge in [-0.25, -0.2) is 4.79 Å². The fraction of sp³-hybridized carbons (Fsp3) is 0.429. The van der Waals surface area contributed by atoms with Crippen molar-refractivity contribution in [2.24, 2.45) is 0 Å². The van der Waals surface area contributed by atoms with Crippen LogP contribution in [0.5, 0.6) is 0 Å². The van der Waals surface area contributed by atoms with E-state index >= 15 is 0 Å². The lowest BCUT2D eigenvalue weighted by Crippen LogP contribution is -2.50. The molecule has 1 aromatic carbocycles. The van der Waals surface area contributed by atoms with Gasteiger partial charge in [-0.3, -0.25) is 9.69 Å². The van der Waals surface area contributed by atoms with Gasteiger partial charge in [-0.1, -0.05) is 24.6 Å². The van der Waals surface area contributed by atoms with Gasteiger partial charge in [0.1, 0.15) is 6.54 Å². The van der Waals surface area contributed by atoms with Crippen LogP contribution in [0.15, 0.2) is 24.3 Å². The summed E-state index contributed by atoms with van der Waals surface area (Å²) in [7, 11) is 0. The van der Waals surface area contributed by atoms with Gasteiger partial charge in [0.25, 0.3) is 0 Å². The van der Waals surface area contributed by atoms with E-state index in [0.29, 0.717) is 29.0 Å². The van der Waals surface area contributed by atoms with E-state index in [1.807, 2.05) is 11.8 Å². The van der Waals surface area contributed by atoms with Crippen LogP contribution in [0.1, 0.15) is 6.92 Å². The zero-order valence-electron chi connectivity index (χ0n) is 11.7. The number of thioether (sulfide) groups is 1. The summed E-state index contributed by atoms with van der Waals surface area (Å²) >= 11 is 7.75. The molecule has 1 N–H and O–H groups in total. The van der Waals surface area contributed by atoms with Crippen molar-refractivity contribution in [1.29, 1.82) is 0 Å². The third-order valence-electron chi connectivity index (χ3n) is 3.16. The van der Waals surface area contributed by atoms with Crippen LogP contribution in [-0.4, -0.2) is 52.6 Å². The topological polar surface area (TPSA) is 60.9 Å². The first-order valence-corrected chi connectivity index (χ1v) is 8.05. The lowest BCUT2D eigenvalue weighted by molar-refractivity contribution is -0.135. The van der Waals surface area contributed by atoms with Crippen molar-refractivity contribution in [2.45, 2.75) is 12.2 Å². The highest BCUT2D eigenvalue weighted by molar-refractivity contribution is 7.99. The Morgan fingerprint density at radius 3 is 2.90 bits per heavy atom. The van der Waals surface area contributed by atoms with Crippen molar-refractivity contribution in [1.82, 2.24) is 4.90 Å². The highest BCUT2D eigenvalue weighted by Crippen LogP contribution is 2.23. The molecule has 0 saturated carbocycles. The van der Waals surface area contributed by atoms with Crippen molar-refractivity contribution in [3.05, 3.63) is 29.3 Å². The minimum absolute atomic E-state index is 0.285. The quantitative estimate of drug-likeness (QED) is 0.926. The molecular formula is C14H17ClN2O3S. The standard InChI is InChI=1S/C14H17ClN2O3S/c1-10-8-16(5-6-21-10)14(20)17(9-13(18)19)12-4-2-3-11(15)7-12/h2-4,7,10H,5-6,8-9H2,1H3,(H,18,19). The first-order chi connectivity index (χ1) is 9.97. The van der Waals surface area contributed by atoms with Gasteiger partial charge >= 0.3 is 12.0 Å². The maximum atomic E-state index is 12.6. The molecule has 2 amide bonds. The van der Waals surface area contributed by atoms with E-state index in [1.54, 1.807) is 29.2 Å². The van der Waals surface area contributed by atoms with Crippen LogP contribution in [0, 0.1) is 0 Å². The smallest absolute Gasteiger partial charge is 0.325 e. The molecule has 1 aliphatic heterocycles. The Balaban J connectivity index is 2.22. The first kappa shape index (κ1) is 16.0. The van der Waals surface area contributed by atoms with Crippen LogP contribution < -0.4 is 4.90 Å². The maximum absolute atomic E-state index is 12.6.